The van der Waals surface area contributed by atoms with E-state index in [9.17, 15) is 4.79 Å². The second-order valence-electron chi connectivity index (χ2n) is 5.94. The third-order valence-corrected chi connectivity index (χ3v) is 4.08. The minimum atomic E-state index is -0.225. The zero-order chi connectivity index (χ0) is 18.5. The molecule has 6 nitrogen and oxygen atoms in total. The molecule has 0 aliphatic rings. The normalized spacial score (nSPS) is 10.5. The monoisotopic (exact) mass is 355 g/mol. The van der Waals surface area contributed by atoms with Gasteiger partial charge in [0.1, 0.15) is 5.82 Å². The molecule has 6 heteroatoms. The summed E-state index contributed by atoms with van der Waals surface area (Å²) in [5.74, 6) is 0.459. The summed E-state index contributed by atoms with van der Waals surface area (Å²) in [6.45, 7) is 0.570. The van der Waals surface area contributed by atoms with Gasteiger partial charge in [-0.3, -0.25) is 14.8 Å². The number of nitrogens with one attached hydrogen (secondary N) is 2. The Morgan fingerprint density at radius 3 is 2.56 bits per heavy atom. The number of anilines is 2. The van der Waals surface area contributed by atoms with Crippen molar-refractivity contribution in [1.82, 2.24) is 15.0 Å². The predicted octanol–water partition coefficient (Wildman–Crippen LogP) is 3.89. The first-order chi connectivity index (χ1) is 13.3. The average molecular weight is 355 g/mol. The van der Waals surface area contributed by atoms with Crippen molar-refractivity contribution in [3.05, 3.63) is 90.5 Å². The summed E-state index contributed by atoms with van der Waals surface area (Å²) in [4.78, 5) is 25.4. The fraction of sp³-hybridized carbons (Fsp3) is 0.0476. The first-order valence-corrected chi connectivity index (χ1v) is 8.54. The lowest BCUT2D eigenvalue weighted by molar-refractivity contribution is 0.102. The molecule has 3 heterocycles. The molecule has 0 aliphatic heterocycles. The van der Waals surface area contributed by atoms with Crippen molar-refractivity contribution < 1.29 is 4.79 Å². The van der Waals surface area contributed by atoms with Crippen LogP contribution >= 0.6 is 0 Å². The molecule has 0 unspecified atom stereocenters. The maximum absolute atomic E-state index is 12.5. The molecule has 4 aromatic rings. The zero-order valence-electron chi connectivity index (χ0n) is 14.5. The lowest BCUT2D eigenvalue weighted by atomic mass is 10.2. The molecule has 0 atom stereocenters. The van der Waals surface area contributed by atoms with E-state index in [1.54, 1.807) is 30.7 Å². The van der Waals surface area contributed by atoms with Crippen LogP contribution in [0.2, 0.25) is 0 Å². The van der Waals surface area contributed by atoms with E-state index >= 15 is 0 Å². The molecule has 3 aromatic heterocycles. The van der Waals surface area contributed by atoms with Gasteiger partial charge in [-0.25, -0.2) is 4.98 Å². The summed E-state index contributed by atoms with van der Waals surface area (Å²) in [5, 5.41) is 7.07. The molecule has 0 aliphatic carbocycles. The largest absolute Gasteiger partial charge is 0.364 e. The molecule has 132 valence electrons. The van der Waals surface area contributed by atoms with E-state index < -0.39 is 0 Å². The first-order valence-electron chi connectivity index (χ1n) is 8.54. The standard InChI is InChI=1S/C21H17N5O/c27-21(26-18-8-3-5-15-6-4-12-23-20(15)18)16-9-10-19(24-13-16)25-14-17-7-1-2-11-22-17/h1-13H,14H2,(H,24,25)(H,26,27). The number of rotatable bonds is 5. The van der Waals surface area contributed by atoms with Crippen molar-refractivity contribution in [2.45, 2.75) is 6.54 Å². The van der Waals surface area contributed by atoms with Gasteiger partial charge in [0.2, 0.25) is 0 Å². The van der Waals surface area contributed by atoms with Gasteiger partial charge in [0, 0.05) is 24.0 Å². The number of amides is 1. The van der Waals surface area contributed by atoms with Gasteiger partial charge in [0.05, 0.1) is 29.0 Å². The van der Waals surface area contributed by atoms with Crippen LogP contribution in [-0.2, 0) is 6.54 Å². The minimum absolute atomic E-state index is 0.225. The second kappa shape index (κ2) is 7.61. The van der Waals surface area contributed by atoms with E-state index in [4.69, 9.17) is 0 Å². The fourth-order valence-electron chi connectivity index (χ4n) is 2.72. The van der Waals surface area contributed by atoms with E-state index in [1.165, 1.54) is 0 Å². The molecule has 4 rings (SSSR count). The summed E-state index contributed by atoms with van der Waals surface area (Å²) in [7, 11) is 0. The van der Waals surface area contributed by atoms with Gasteiger partial charge in [-0.05, 0) is 36.4 Å². The van der Waals surface area contributed by atoms with Crippen molar-refractivity contribution in [3.8, 4) is 0 Å². The number of aromatic nitrogens is 3. The number of pyridine rings is 3. The Balaban J connectivity index is 1.44. The third kappa shape index (κ3) is 3.90. The molecule has 0 radical (unpaired) electrons. The fourth-order valence-corrected chi connectivity index (χ4v) is 2.72. The molecule has 1 aromatic carbocycles. The molecule has 27 heavy (non-hydrogen) atoms. The Labute approximate surface area is 156 Å². The maximum Gasteiger partial charge on any atom is 0.257 e. The number of hydrogen-bond donors (Lipinski definition) is 2. The van der Waals surface area contributed by atoms with Gasteiger partial charge >= 0.3 is 0 Å². The van der Waals surface area contributed by atoms with Crippen LogP contribution in [0.15, 0.2) is 79.3 Å². The van der Waals surface area contributed by atoms with Crippen LogP contribution in [0.25, 0.3) is 10.9 Å². The van der Waals surface area contributed by atoms with Crippen molar-refractivity contribution in [2.24, 2.45) is 0 Å². The molecular formula is C21H17N5O. The quantitative estimate of drug-likeness (QED) is 0.568. The molecule has 0 saturated carbocycles. The average Bonchev–Trinajstić information content (AvgIpc) is 2.74. The zero-order valence-corrected chi connectivity index (χ0v) is 14.5. The van der Waals surface area contributed by atoms with Gasteiger partial charge in [-0.15, -0.1) is 0 Å². The van der Waals surface area contributed by atoms with Crippen LogP contribution in [0.1, 0.15) is 16.1 Å². The summed E-state index contributed by atoms with van der Waals surface area (Å²) in [6.07, 6.45) is 5.01. The summed E-state index contributed by atoms with van der Waals surface area (Å²) in [5.41, 5.74) is 2.83. The Hall–Kier alpha value is -3.80. The van der Waals surface area contributed by atoms with E-state index in [0.29, 0.717) is 23.6 Å². The van der Waals surface area contributed by atoms with Gasteiger partial charge < -0.3 is 10.6 Å². The minimum Gasteiger partial charge on any atom is -0.364 e. The Bertz CT molecular complexity index is 1060. The summed E-state index contributed by atoms with van der Waals surface area (Å²) < 4.78 is 0. The molecule has 1 amide bonds. The van der Waals surface area contributed by atoms with E-state index in [1.807, 2.05) is 48.5 Å². The highest BCUT2D eigenvalue weighted by atomic mass is 16.1. The van der Waals surface area contributed by atoms with Gasteiger partial charge in [-0.1, -0.05) is 24.3 Å². The lowest BCUT2D eigenvalue weighted by Gasteiger charge is -2.09. The Kier molecular flexibility index (Phi) is 4.70. The topological polar surface area (TPSA) is 79.8 Å². The summed E-state index contributed by atoms with van der Waals surface area (Å²) in [6, 6.07) is 18.8. The SMILES string of the molecule is O=C(Nc1cccc2cccnc12)c1ccc(NCc2ccccn2)nc1. The van der Waals surface area contributed by atoms with E-state index in [0.717, 1.165) is 16.6 Å². The van der Waals surface area contributed by atoms with Gasteiger partial charge in [0.15, 0.2) is 0 Å². The van der Waals surface area contributed by atoms with Crippen LogP contribution in [0, 0.1) is 0 Å². The number of nitrogens with zero attached hydrogens (tertiary/aromatic N) is 3. The summed E-state index contributed by atoms with van der Waals surface area (Å²) >= 11 is 0. The van der Waals surface area contributed by atoms with Crippen LogP contribution in [0.5, 0.6) is 0 Å². The first kappa shape index (κ1) is 16.7. The van der Waals surface area contributed by atoms with Crippen molar-refractivity contribution in [2.75, 3.05) is 10.6 Å². The van der Waals surface area contributed by atoms with E-state index in [2.05, 4.69) is 25.6 Å². The highest BCUT2D eigenvalue weighted by Gasteiger charge is 2.09. The van der Waals surface area contributed by atoms with Crippen LogP contribution < -0.4 is 10.6 Å². The highest BCUT2D eigenvalue weighted by Crippen LogP contribution is 2.21. The van der Waals surface area contributed by atoms with Crippen molar-refractivity contribution >= 4 is 28.3 Å². The number of fused-ring (bicyclic) bond motifs is 1. The Morgan fingerprint density at radius 1 is 0.852 bits per heavy atom. The Morgan fingerprint density at radius 2 is 1.74 bits per heavy atom. The number of benzene rings is 1. The van der Waals surface area contributed by atoms with Crippen LogP contribution in [-0.4, -0.2) is 20.9 Å². The second-order valence-corrected chi connectivity index (χ2v) is 5.94. The third-order valence-electron chi connectivity index (χ3n) is 4.08. The molecular weight excluding hydrogens is 338 g/mol. The van der Waals surface area contributed by atoms with Crippen molar-refractivity contribution in [1.29, 1.82) is 0 Å². The smallest absolute Gasteiger partial charge is 0.257 e. The molecule has 0 saturated heterocycles. The maximum atomic E-state index is 12.5. The number of carbonyl (C=O) groups is 1. The van der Waals surface area contributed by atoms with E-state index in [-0.39, 0.29) is 5.91 Å². The molecule has 0 bridgehead atoms. The molecule has 0 spiro atoms. The number of carbonyl (C=O) groups excluding carboxylic acids is 1. The number of para-hydroxylation sites is 1. The van der Waals surface area contributed by atoms with Gasteiger partial charge in [-0.2, -0.15) is 0 Å². The van der Waals surface area contributed by atoms with Crippen molar-refractivity contribution in [3.63, 3.8) is 0 Å². The predicted molar refractivity (Wildman–Crippen MR) is 105 cm³/mol. The molecule has 2 N–H and O–H groups in total. The highest BCUT2D eigenvalue weighted by molar-refractivity contribution is 6.08. The van der Waals surface area contributed by atoms with Gasteiger partial charge in [0.25, 0.3) is 5.91 Å². The number of hydrogen-bond acceptors (Lipinski definition) is 5. The van der Waals surface area contributed by atoms with Crippen LogP contribution in [0.3, 0.4) is 0 Å². The molecule has 0 fully saturated rings. The van der Waals surface area contributed by atoms with Crippen LogP contribution in [0.4, 0.5) is 11.5 Å². The lowest BCUT2D eigenvalue weighted by Crippen LogP contribution is -2.13.